The minimum Gasteiger partial charge on any atom is -0.468 e. The summed E-state index contributed by atoms with van der Waals surface area (Å²) < 4.78 is 12.4. The Morgan fingerprint density at radius 3 is 2.93 bits per heavy atom. The summed E-state index contributed by atoms with van der Waals surface area (Å²) in [4.78, 5) is 32.0. The number of benzene rings is 1. The maximum Gasteiger partial charge on any atom is 0.316 e. The number of hydrogen-bond donors (Lipinski definition) is 0. The minimum atomic E-state index is -0.358. The van der Waals surface area contributed by atoms with Gasteiger partial charge in [-0.15, -0.1) is 11.3 Å². The first-order chi connectivity index (χ1) is 14.4. The Balaban J connectivity index is 1.91. The third kappa shape index (κ3) is 3.91. The number of fused-ring (bicyclic) bond motifs is 3. The van der Waals surface area contributed by atoms with Crippen molar-refractivity contribution in [3.8, 4) is 5.69 Å². The van der Waals surface area contributed by atoms with E-state index in [-0.39, 0.29) is 23.4 Å². The molecule has 0 bridgehead atoms. The molecule has 6 nitrogen and oxygen atoms in total. The number of hydrogen-bond acceptors (Lipinski definition) is 7. The fraction of sp³-hybridized carbons (Fsp3) is 0.409. The molecular weight excluding hydrogens is 420 g/mol. The van der Waals surface area contributed by atoms with Crippen molar-refractivity contribution in [1.82, 2.24) is 9.55 Å². The predicted molar refractivity (Wildman–Crippen MR) is 120 cm³/mol. The summed E-state index contributed by atoms with van der Waals surface area (Å²) >= 11 is 2.72. The standard InChI is InChI=1S/C22H24N2O4S2/c1-12(2)16-9-15-17(10-28-16)30-20-19(15)21(26)24(14-7-5-6-13(3)8-14)22(23-20)29-11-18(25)27-4/h5-8,12,16H,9-11H2,1-4H3/t16-/m0/s1. The third-order valence-corrected chi connectivity index (χ3v) is 7.27. The largest absolute Gasteiger partial charge is 0.468 e. The normalized spacial score (nSPS) is 16.1. The van der Waals surface area contributed by atoms with Crippen LogP contribution in [-0.2, 0) is 27.3 Å². The maximum absolute atomic E-state index is 13.7. The topological polar surface area (TPSA) is 70.4 Å². The molecule has 0 fully saturated rings. The summed E-state index contributed by atoms with van der Waals surface area (Å²) in [6, 6.07) is 7.75. The molecule has 1 aliphatic heterocycles. The van der Waals surface area contributed by atoms with Crippen LogP contribution in [0.1, 0.15) is 29.9 Å². The van der Waals surface area contributed by atoms with Crippen LogP contribution in [0.3, 0.4) is 0 Å². The Morgan fingerprint density at radius 2 is 2.23 bits per heavy atom. The monoisotopic (exact) mass is 444 g/mol. The Labute approximate surface area is 183 Å². The number of thiophene rings is 1. The number of aromatic nitrogens is 2. The van der Waals surface area contributed by atoms with Gasteiger partial charge in [-0.2, -0.15) is 0 Å². The fourth-order valence-electron chi connectivity index (χ4n) is 3.61. The molecule has 0 saturated heterocycles. The lowest BCUT2D eigenvalue weighted by atomic mass is 9.96. The molecule has 8 heteroatoms. The second-order valence-corrected chi connectivity index (χ2v) is 9.75. The van der Waals surface area contributed by atoms with Crippen LogP contribution in [0.4, 0.5) is 0 Å². The highest BCUT2D eigenvalue weighted by Gasteiger charge is 2.29. The van der Waals surface area contributed by atoms with Crippen molar-refractivity contribution in [1.29, 1.82) is 0 Å². The summed E-state index contributed by atoms with van der Waals surface area (Å²) in [5.74, 6) is 0.0999. The van der Waals surface area contributed by atoms with Gasteiger partial charge in [-0.3, -0.25) is 14.2 Å². The Morgan fingerprint density at radius 1 is 1.43 bits per heavy atom. The smallest absolute Gasteiger partial charge is 0.316 e. The lowest BCUT2D eigenvalue weighted by Gasteiger charge is -2.26. The van der Waals surface area contributed by atoms with E-state index >= 15 is 0 Å². The molecule has 0 radical (unpaired) electrons. The van der Waals surface area contributed by atoms with Gasteiger partial charge in [-0.1, -0.05) is 37.7 Å². The number of ether oxygens (including phenoxy) is 2. The SMILES string of the molecule is COC(=O)CSc1nc2sc3c(c2c(=O)n1-c1cccc(C)c1)C[C@@H](C(C)C)OC3. The average molecular weight is 445 g/mol. The molecule has 1 aliphatic rings. The summed E-state index contributed by atoms with van der Waals surface area (Å²) in [6.45, 7) is 6.76. The van der Waals surface area contributed by atoms with Gasteiger partial charge in [0.15, 0.2) is 5.16 Å². The zero-order chi connectivity index (χ0) is 21.4. The molecule has 4 rings (SSSR count). The van der Waals surface area contributed by atoms with Gasteiger partial charge >= 0.3 is 5.97 Å². The molecule has 0 spiro atoms. The third-order valence-electron chi connectivity index (χ3n) is 5.26. The fourth-order valence-corrected chi connectivity index (χ4v) is 5.62. The van der Waals surface area contributed by atoms with E-state index in [2.05, 4.69) is 13.8 Å². The molecular formula is C22H24N2O4S2. The van der Waals surface area contributed by atoms with E-state index in [1.54, 1.807) is 4.57 Å². The minimum absolute atomic E-state index is 0.0872. The predicted octanol–water partition coefficient (Wildman–Crippen LogP) is 4.12. The van der Waals surface area contributed by atoms with Gasteiger partial charge in [-0.05, 0) is 36.1 Å². The Kier molecular flexibility index (Phi) is 5.99. The van der Waals surface area contributed by atoms with Crippen molar-refractivity contribution in [2.24, 2.45) is 5.92 Å². The molecule has 1 aromatic carbocycles. The van der Waals surface area contributed by atoms with Crippen molar-refractivity contribution in [3.63, 3.8) is 0 Å². The first-order valence-corrected chi connectivity index (χ1v) is 11.6. The summed E-state index contributed by atoms with van der Waals surface area (Å²) in [5, 5.41) is 1.16. The summed E-state index contributed by atoms with van der Waals surface area (Å²) in [6.07, 6.45) is 0.808. The van der Waals surface area contributed by atoms with Gasteiger partial charge in [0.25, 0.3) is 5.56 Å². The second kappa shape index (κ2) is 8.53. The van der Waals surface area contributed by atoms with Gasteiger partial charge < -0.3 is 9.47 Å². The highest BCUT2D eigenvalue weighted by molar-refractivity contribution is 7.99. The van der Waals surface area contributed by atoms with Gasteiger partial charge in [0.05, 0.1) is 36.6 Å². The maximum atomic E-state index is 13.7. The molecule has 3 aromatic rings. The van der Waals surface area contributed by atoms with E-state index in [1.165, 1.54) is 30.2 Å². The van der Waals surface area contributed by atoms with Crippen molar-refractivity contribution >= 4 is 39.3 Å². The molecule has 0 amide bonds. The average Bonchev–Trinajstić information content (AvgIpc) is 3.09. The van der Waals surface area contributed by atoms with Crippen molar-refractivity contribution in [3.05, 3.63) is 50.6 Å². The molecule has 0 unspecified atom stereocenters. The molecule has 0 N–H and O–H groups in total. The van der Waals surface area contributed by atoms with Crippen molar-refractivity contribution in [2.75, 3.05) is 12.9 Å². The molecule has 158 valence electrons. The molecule has 0 saturated carbocycles. The van der Waals surface area contributed by atoms with Crippen LogP contribution in [0.15, 0.2) is 34.2 Å². The quantitative estimate of drug-likeness (QED) is 0.335. The van der Waals surface area contributed by atoms with Crippen LogP contribution in [0.5, 0.6) is 0 Å². The molecule has 30 heavy (non-hydrogen) atoms. The van der Waals surface area contributed by atoms with E-state index in [0.29, 0.717) is 34.3 Å². The molecule has 0 aliphatic carbocycles. The number of nitrogens with zero attached hydrogens (tertiary/aromatic N) is 2. The number of carbonyl (C=O) groups excluding carboxylic acids is 1. The molecule has 1 atom stereocenters. The van der Waals surface area contributed by atoms with Gasteiger partial charge in [-0.25, -0.2) is 4.98 Å². The zero-order valence-electron chi connectivity index (χ0n) is 17.4. The number of rotatable bonds is 5. The molecule has 2 aromatic heterocycles. The van der Waals surface area contributed by atoms with E-state index in [9.17, 15) is 9.59 Å². The van der Waals surface area contributed by atoms with Crippen molar-refractivity contribution in [2.45, 2.75) is 45.1 Å². The van der Waals surface area contributed by atoms with E-state index in [0.717, 1.165) is 21.7 Å². The number of aryl methyl sites for hydroxylation is 1. The van der Waals surface area contributed by atoms with Gasteiger partial charge in [0, 0.05) is 11.3 Å². The van der Waals surface area contributed by atoms with E-state index < -0.39 is 0 Å². The number of thioether (sulfide) groups is 1. The number of methoxy groups -OCH3 is 1. The number of esters is 1. The van der Waals surface area contributed by atoms with Crippen LogP contribution < -0.4 is 5.56 Å². The first-order valence-electron chi connectivity index (χ1n) is 9.84. The number of carbonyl (C=O) groups is 1. The Bertz CT molecular complexity index is 1170. The summed E-state index contributed by atoms with van der Waals surface area (Å²) in [7, 11) is 1.35. The lowest BCUT2D eigenvalue weighted by molar-refractivity contribution is -0.137. The summed E-state index contributed by atoms with van der Waals surface area (Å²) in [5.41, 5.74) is 2.75. The van der Waals surface area contributed by atoms with Crippen LogP contribution in [0, 0.1) is 12.8 Å². The van der Waals surface area contributed by atoms with Crippen LogP contribution in [0.25, 0.3) is 15.9 Å². The zero-order valence-corrected chi connectivity index (χ0v) is 19.1. The van der Waals surface area contributed by atoms with Gasteiger partial charge in [0.2, 0.25) is 0 Å². The first kappa shape index (κ1) is 21.1. The van der Waals surface area contributed by atoms with Crippen LogP contribution >= 0.6 is 23.1 Å². The van der Waals surface area contributed by atoms with Crippen LogP contribution in [-0.4, -0.2) is 34.5 Å². The van der Waals surface area contributed by atoms with Crippen molar-refractivity contribution < 1.29 is 14.3 Å². The Hall–Kier alpha value is -2.16. The van der Waals surface area contributed by atoms with E-state index in [1.807, 2.05) is 31.2 Å². The second-order valence-electron chi connectivity index (χ2n) is 7.72. The van der Waals surface area contributed by atoms with Gasteiger partial charge in [0.1, 0.15) is 4.83 Å². The van der Waals surface area contributed by atoms with E-state index in [4.69, 9.17) is 14.5 Å². The highest BCUT2D eigenvalue weighted by atomic mass is 32.2. The van der Waals surface area contributed by atoms with Crippen LogP contribution in [0.2, 0.25) is 0 Å². The highest BCUT2D eigenvalue weighted by Crippen LogP contribution is 2.36. The lowest BCUT2D eigenvalue weighted by Crippen LogP contribution is -2.28. The molecule has 3 heterocycles.